The van der Waals surface area contributed by atoms with E-state index in [1.807, 2.05) is 0 Å². The van der Waals surface area contributed by atoms with E-state index in [4.69, 9.17) is 4.12 Å². The predicted molar refractivity (Wildman–Crippen MR) is 129 cm³/mol. The lowest BCUT2D eigenvalue weighted by Crippen LogP contribution is -2.61. The molecule has 2 aromatic carbocycles. The molecule has 0 saturated heterocycles. The quantitative estimate of drug-likeness (QED) is 0.132. The van der Waals surface area contributed by atoms with Crippen LogP contribution in [0.15, 0.2) is 72.7 Å². The average Bonchev–Trinajstić information content (AvgIpc) is 2.86. The van der Waals surface area contributed by atoms with Gasteiger partial charge in [0, 0.05) is 12.8 Å². The Balaban J connectivity index is 2.54. The molecule has 0 heterocycles. The lowest BCUT2D eigenvalue weighted by molar-refractivity contribution is -0.131. The van der Waals surface area contributed by atoms with E-state index < -0.39 is 89.6 Å². The molecule has 41 heavy (non-hydrogen) atoms. The number of halogens is 12. The summed E-state index contributed by atoms with van der Waals surface area (Å²) in [6.45, 7) is 2.66. The second-order valence-corrected chi connectivity index (χ2v) is 17.0. The summed E-state index contributed by atoms with van der Waals surface area (Å²) in [5, 5.41) is 0.242. The van der Waals surface area contributed by atoms with Crippen molar-refractivity contribution in [3.05, 3.63) is 72.7 Å². The van der Waals surface area contributed by atoms with Crippen molar-refractivity contribution in [2.24, 2.45) is 0 Å². The van der Waals surface area contributed by atoms with Gasteiger partial charge in [0.1, 0.15) is 11.5 Å². The highest BCUT2D eigenvalue weighted by atomic mass is 28.4. The average molecular weight is 643 g/mol. The summed E-state index contributed by atoms with van der Waals surface area (Å²) in [5.41, 5.74) is 0. The van der Waals surface area contributed by atoms with E-state index in [1.165, 1.54) is 13.1 Å². The fourth-order valence-electron chi connectivity index (χ4n) is 3.80. The zero-order valence-electron chi connectivity index (χ0n) is 21.2. The van der Waals surface area contributed by atoms with Crippen LogP contribution in [0, 0.1) is 0 Å². The fourth-order valence-corrected chi connectivity index (χ4v) is 13.4. The van der Waals surface area contributed by atoms with Gasteiger partial charge in [-0.2, -0.15) is 52.7 Å². The van der Waals surface area contributed by atoms with Crippen LogP contribution >= 0.6 is 0 Å². The van der Waals surface area contributed by atoms with E-state index in [0.29, 0.717) is 0 Å². The van der Waals surface area contributed by atoms with Crippen LogP contribution in [0.4, 0.5) is 52.7 Å². The van der Waals surface area contributed by atoms with Gasteiger partial charge in [0.05, 0.1) is 0 Å². The molecule has 2 unspecified atom stereocenters. The van der Waals surface area contributed by atoms with Crippen molar-refractivity contribution in [2.75, 3.05) is 0 Å². The Morgan fingerprint density at radius 2 is 0.854 bits per heavy atom. The van der Waals surface area contributed by atoms with E-state index in [9.17, 15) is 52.7 Å². The second-order valence-electron chi connectivity index (χ2n) is 9.12. The van der Waals surface area contributed by atoms with Crippen molar-refractivity contribution in [2.45, 2.75) is 50.4 Å². The van der Waals surface area contributed by atoms with E-state index in [1.54, 1.807) is 0 Å². The summed E-state index contributed by atoms with van der Waals surface area (Å²) >= 11 is 0. The molecule has 0 N–H and O–H groups in total. The van der Waals surface area contributed by atoms with Crippen molar-refractivity contribution < 1.29 is 66.3 Å². The molecule has 3 nitrogen and oxygen atoms in total. The SMILES string of the molecule is C[Si](CCC(F)(F)F)(O[Si](C)(CCC(F)(F)F)c1ccc(OC(F)=C(F)F)cc1)c1ccc(OC(F)=C(F)F)cc1. The predicted octanol–water partition coefficient (Wildman–Crippen LogP) is 8.70. The maximum Gasteiger partial charge on any atom is 0.388 e. The molecule has 2 rings (SSSR count). The number of ether oxygens (including phenoxy) is 2. The Morgan fingerprint density at radius 1 is 0.561 bits per heavy atom. The molecule has 0 aliphatic rings. The number of hydrogen-bond acceptors (Lipinski definition) is 3. The Bertz CT molecular complexity index is 1130. The molecule has 0 radical (unpaired) electrons. The van der Waals surface area contributed by atoms with Gasteiger partial charge in [0.25, 0.3) is 0 Å². The minimum absolute atomic E-state index is 0.121. The summed E-state index contributed by atoms with van der Waals surface area (Å²) in [6, 6.07) is 2.88. The van der Waals surface area contributed by atoms with Crippen LogP contribution in [0.2, 0.25) is 25.2 Å². The van der Waals surface area contributed by atoms with Crippen molar-refractivity contribution in [1.29, 1.82) is 0 Å². The standard InChI is InChI=1S/C24H22F12O3Si2/c1-40(13-11-23(31,32)33,17-7-3-15(4-8-17)37-21(29)19(25)26)39-41(2,14-12-24(34,35)36)18-9-5-16(6-10-18)38-22(30)20(27)28/h3-10H,11-14H2,1-2H3. The maximum absolute atomic E-state index is 13.2. The lowest BCUT2D eigenvalue weighted by atomic mass is 10.3. The van der Waals surface area contributed by atoms with Crippen molar-refractivity contribution in [3.63, 3.8) is 0 Å². The first-order chi connectivity index (χ1) is 18.7. The molecule has 0 aromatic heterocycles. The van der Waals surface area contributed by atoms with Gasteiger partial charge in [-0.25, -0.2) is 0 Å². The van der Waals surface area contributed by atoms with Crippen LogP contribution in [-0.4, -0.2) is 29.0 Å². The van der Waals surface area contributed by atoms with E-state index in [-0.39, 0.29) is 10.4 Å². The van der Waals surface area contributed by atoms with Crippen LogP contribution in [0.1, 0.15) is 12.8 Å². The molecule has 0 amide bonds. The van der Waals surface area contributed by atoms with Crippen LogP contribution in [0.3, 0.4) is 0 Å². The molecule has 0 bridgehead atoms. The number of hydrogen-bond donors (Lipinski definition) is 0. The number of benzene rings is 2. The third-order valence-electron chi connectivity index (χ3n) is 5.86. The molecule has 2 aromatic rings. The van der Waals surface area contributed by atoms with Gasteiger partial charge in [-0.15, -0.1) is 0 Å². The lowest BCUT2D eigenvalue weighted by Gasteiger charge is -2.39. The van der Waals surface area contributed by atoms with E-state index in [0.717, 1.165) is 48.5 Å². The summed E-state index contributed by atoms with van der Waals surface area (Å²) < 4.78 is 170. The highest BCUT2D eigenvalue weighted by molar-refractivity contribution is 6.98. The molecule has 0 fully saturated rings. The molecule has 0 aliphatic carbocycles. The van der Waals surface area contributed by atoms with E-state index in [2.05, 4.69) is 9.47 Å². The van der Waals surface area contributed by atoms with Gasteiger partial charge >= 0.3 is 36.5 Å². The van der Waals surface area contributed by atoms with Gasteiger partial charge in [0.15, 0.2) is 0 Å². The normalized spacial score (nSPS) is 15.0. The van der Waals surface area contributed by atoms with Crippen LogP contribution in [-0.2, 0) is 4.12 Å². The van der Waals surface area contributed by atoms with Crippen molar-refractivity contribution in [1.82, 2.24) is 0 Å². The largest absolute Gasteiger partial charge is 0.448 e. The number of rotatable bonds is 12. The fraction of sp³-hybridized carbons (Fsp3) is 0.333. The van der Waals surface area contributed by atoms with Gasteiger partial charge in [-0.1, -0.05) is 24.3 Å². The highest BCUT2D eigenvalue weighted by Crippen LogP contribution is 2.33. The first-order valence-electron chi connectivity index (χ1n) is 11.5. The summed E-state index contributed by atoms with van der Waals surface area (Å²) in [6.07, 6.45) is -17.6. The Labute approximate surface area is 228 Å². The zero-order valence-corrected chi connectivity index (χ0v) is 23.2. The van der Waals surface area contributed by atoms with Crippen molar-refractivity contribution >= 4 is 27.0 Å². The summed E-state index contributed by atoms with van der Waals surface area (Å²) in [7, 11) is -7.64. The Hall–Kier alpha value is -2.93. The molecule has 228 valence electrons. The van der Waals surface area contributed by atoms with Gasteiger partial charge in [-0.05, 0) is 59.8 Å². The monoisotopic (exact) mass is 642 g/mol. The minimum atomic E-state index is -4.67. The summed E-state index contributed by atoms with van der Waals surface area (Å²) in [5.74, 6) is -0.852. The van der Waals surface area contributed by atoms with Gasteiger partial charge in [-0.3, -0.25) is 0 Å². The first kappa shape index (κ1) is 34.3. The third-order valence-corrected chi connectivity index (χ3v) is 15.0. The molecular weight excluding hydrogens is 620 g/mol. The Morgan fingerprint density at radius 3 is 1.10 bits per heavy atom. The second kappa shape index (κ2) is 13.4. The highest BCUT2D eigenvalue weighted by Gasteiger charge is 2.46. The first-order valence-corrected chi connectivity index (χ1v) is 16.8. The van der Waals surface area contributed by atoms with Gasteiger partial charge < -0.3 is 13.6 Å². The van der Waals surface area contributed by atoms with Crippen LogP contribution in [0.25, 0.3) is 0 Å². The molecule has 0 spiro atoms. The molecule has 0 aliphatic heterocycles. The third kappa shape index (κ3) is 10.8. The van der Waals surface area contributed by atoms with E-state index >= 15 is 0 Å². The summed E-state index contributed by atoms with van der Waals surface area (Å²) in [4.78, 5) is 0. The zero-order chi connectivity index (χ0) is 31.2. The topological polar surface area (TPSA) is 27.7 Å². The number of alkyl halides is 6. The molecular formula is C24H22F12O3Si2. The van der Waals surface area contributed by atoms with Gasteiger partial charge in [0.2, 0.25) is 16.6 Å². The van der Waals surface area contributed by atoms with Crippen molar-refractivity contribution in [3.8, 4) is 11.5 Å². The van der Waals surface area contributed by atoms with Crippen LogP contribution < -0.4 is 19.8 Å². The van der Waals surface area contributed by atoms with Crippen LogP contribution in [0.5, 0.6) is 11.5 Å². The molecule has 0 saturated carbocycles. The smallest absolute Gasteiger partial charge is 0.388 e. The maximum atomic E-state index is 13.2. The molecule has 17 heteroatoms. The Kier molecular flexibility index (Phi) is 11.2. The minimum Gasteiger partial charge on any atom is -0.448 e. The molecule has 2 atom stereocenters.